The molecule has 3 fully saturated rings. The number of H-pyrrole nitrogens is 1. The summed E-state index contributed by atoms with van der Waals surface area (Å²) in [6.07, 6.45) is 8.01. The second kappa shape index (κ2) is 7.25. The standard InChI is InChI=1S/C24H28N6O/c31-23-24(7-11-29(23)15-18-14-25-20-6-2-1-5-19(18)20)8-12-30(16-24)22-13-21(26-17-27-22)28-9-3-4-10-28/h1-2,5-6,13-14,17,25H,3-4,7-12,15-16H2. The minimum Gasteiger partial charge on any atom is -0.361 e. The average Bonchev–Trinajstić information content (AvgIpc) is 3.60. The number of hydrogen-bond acceptors (Lipinski definition) is 5. The number of amides is 1. The second-order valence-electron chi connectivity index (χ2n) is 9.22. The number of likely N-dealkylation sites (tertiary alicyclic amines) is 1. The molecule has 160 valence electrons. The Bertz CT molecular complexity index is 1120. The number of nitrogens with one attached hydrogen (secondary N) is 1. The monoisotopic (exact) mass is 416 g/mol. The number of para-hydroxylation sites is 1. The third-order valence-corrected chi connectivity index (χ3v) is 7.38. The molecule has 3 aromatic rings. The van der Waals surface area contributed by atoms with Gasteiger partial charge >= 0.3 is 0 Å². The predicted molar refractivity (Wildman–Crippen MR) is 121 cm³/mol. The molecule has 1 atom stereocenters. The van der Waals surface area contributed by atoms with Crippen LogP contribution in [0, 0.1) is 5.41 Å². The number of aromatic nitrogens is 3. The van der Waals surface area contributed by atoms with Gasteiger partial charge in [0.15, 0.2) is 0 Å². The van der Waals surface area contributed by atoms with Crippen molar-refractivity contribution >= 4 is 28.4 Å². The van der Waals surface area contributed by atoms with Crippen LogP contribution in [0.15, 0.2) is 42.9 Å². The minimum atomic E-state index is -0.273. The van der Waals surface area contributed by atoms with Gasteiger partial charge in [-0.1, -0.05) is 18.2 Å². The van der Waals surface area contributed by atoms with E-state index in [1.165, 1.54) is 23.8 Å². The Balaban J connectivity index is 1.18. The van der Waals surface area contributed by atoms with Crippen LogP contribution in [-0.4, -0.2) is 58.5 Å². The molecule has 31 heavy (non-hydrogen) atoms. The highest BCUT2D eigenvalue weighted by Gasteiger charge is 2.51. The number of nitrogens with zero attached hydrogens (tertiary/aromatic N) is 5. The minimum absolute atomic E-state index is 0.273. The topological polar surface area (TPSA) is 68.4 Å². The van der Waals surface area contributed by atoms with E-state index < -0.39 is 0 Å². The molecule has 2 aromatic heterocycles. The molecule has 3 aliphatic heterocycles. The van der Waals surface area contributed by atoms with Gasteiger partial charge in [-0.05, 0) is 37.3 Å². The Kier molecular flexibility index (Phi) is 4.37. The fraction of sp³-hybridized carbons (Fsp3) is 0.458. The smallest absolute Gasteiger partial charge is 0.231 e. The fourth-order valence-corrected chi connectivity index (χ4v) is 5.59. The van der Waals surface area contributed by atoms with Gasteiger partial charge in [0.05, 0.1) is 5.41 Å². The molecule has 3 aliphatic rings. The number of carbonyl (C=O) groups is 1. The van der Waals surface area contributed by atoms with Gasteiger partial charge in [0.2, 0.25) is 5.91 Å². The fourth-order valence-electron chi connectivity index (χ4n) is 5.59. The van der Waals surface area contributed by atoms with E-state index in [2.05, 4.69) is 53.9 Å². The Morgan fingerprint density at radius 1 is 0.968 bits per heavy atom. The molecule has 1 N–H and O–H groups in total. The highest BCUT2D eigenvalue weighted by molar-refractivity contribution is 5.88. The molecule has 7 heteroatoms. The van der Waals surface area contributed by atoms with E-state index in [0.29, 0.717) is 12.5 Å². The summed E-state index contributed by atoms with van der Waals surface area (Å²) in [5.74, 6) is 2.27. The maximum absolute atomic E-state index is 13.5. The molecule has 0 saturated carbocycles. The SMILES string of the molecule is O=C1N(Cc2c[nH]c3ccccc23)CCC12CCN(c1cc(N3CCCC3)ncn1)C2. The average molecular weight is 417 g/mol. The van der Waals surface area contributed by atoms with Crippen LogP contribution < -0.4 is 9.80 Å². The van der Waals surface area contributed by atoms with Crippen molar-refractivity contribution in [2.75, 3.05) is 42.5 Å². The van der Waals surface area contributed by atoms with E-state index in [9.17, 15) is 4.79 Å². The number of benzene rings is 1. The largest absolute Gasteiger partial charge is 0.361 e. The van der Waals surface area contributed by atoms with Crippen molar-refractivity contribution < 1.29 is 4.79 Å². The zero-order valence-electron chi connectivity index (χ0n) is 17.8. The molecular weight excluding hydrogens is 388 g/mol. The maximum atomic E-state index is 13.5. The number of rotatable bonds is 4. The third kappa shape index (κ3) is 3.14. The summed E-state index contributed by atoms with van der Waals surface area (Å²) < 4.78 is 0. The molecule has 0 aliphatic carbocycles. The first-order valence-corrected chi connectivity index (χ1v) is 11.4. The van der Waals surface area contributed by atoms with Crippen LogP contribution in [0.3, 0.4) is 0 Å². The van der Waals surface area contributed by atoms with Gasteiger partial charge in [0.25, 0.3) is 0 Å². The van der Waals surface area contributed by atoms with E-state index >= 15 is 0 Å². The van der Waals surface area contributed by atoms with Crippen molar-refractivity contribution in [1.82, 2.24) is 19.9 Å². The van der Waals surface area contributed by atoms with Crippen molar-refractivity contribution in [1.29, 1.82) is 0 Å². The number of carbonyl (C=O) groups excluding carboxylic acids is 1. The Hall–Kier alpha value is -3.09. The predicted octanol–water partition coefficient (Wildman–Crippen LogP) is 3.19. The molecule has 0 bridgehead atoms. The molecule has 3 saturated heterocycles. The first kappa shape index (κ1) is 18.7. The first-order chi connectivity index (χ1) is 15.2. The van der Waals surface area contributed by atoms with Crippen molar-refractivity contribution in [3.8, 4) is 0 Å². The summed E-state index contributed by atoms with van der Waals surface area (Å²) >= 11 is 0. The summed E-state index contributed by atoms with van der Waals surface area (Å²) in [7, 11) is 0. The van der Waals surface area contributed by atoms with E-state index in [4.69, 9.17) is 0 Å². The van der Waals surface area contributed by atoms with E-state index in [1.54, 1.807) is 6.33 Å². The quantitative estimate of drug-likeness (QED) is 0.708. The molecule has 5 heterocycles. The zero-order chi connectivity index (χ0) is 20.8. The molecule has 6 rings (SSSR count). The Morgan fingerprint density at radius 2 is 1.74 bits per heavy atom. The zero-order valence-corrected chi connectivity index (χ0v) is 17.8. The first-order valence-electron chi connectivity index (χ1n) is 11.4. The molecular formula is C24H28N6O. The molecule has 1 unspecified atom stereocenters. The number of hydrogen-bond donors (Lipinski definition) is 1. The van der Waals surface area contributed by atoms with Gasteiger partial charge in [-0.15, -0.1) is 0 Å². The maximum Gasteiger partial charge on any atom is 0.231 e. The van der Waals surface area contributed by atoms with Crippen LogP contribution >= 0.6 is 0 Å². The summed E-state index contributed by atoms with van der Waals surface area (Å²) in [4.78, 5) is 32.5. The van der Waals surface area contributed by atoms with Crippen molar-refractivity contribution in [2.24, 2.45) is 5.41 Å². The van der Waals surface area contributed by atoms with Crippen LogP contribution in [0.4, 0.5) is 11.6 Å². The lowest BCUT2D eigenvalue weighted by molar-refractivity contribution is -0.135. The van der Waals surface area contributed by atoms with Crippen molar-refractivity contribution in [2.45, 2.75) is 32.2 Å². The highest BCUT2D eigenvalue weighted by atomic mass is 16.2. The van der Waals surface area contributed by atoms with E-state index in [0.717, 1.165) is 62.7 Å². The second-order valence-corrected chi connectivity index (χ2v) is 9.22. The number of anilines is 2. The summed E-state index contributed by atoms with van der Waals surface area (Å²) in [6, 6.07) is 10.4. The van der Waals surface area contributed by atoms with Gasteiger partial charge in [-0.2, -0.15) is 0 Å². The highest BCUT2D eigenvalue weighted by Crippen LogP contribution is 2.42. The number of aromatic amines is 1. The Morgan fingerprint density at radius 3 is 2.61 bits per heavy atom. The van der Waals surface area contributed by atoms with Crippen molar-refractivity contribution in [3.05, 3.63) is 48.4 Å². The van der Waals surface area contributed by atoms with Gasteiger partial charge in [0, 0.05) is 62.4 Å². The van der Waals surface area contributed by atoms with Crippen LogP contribution in [0.1, 0.15) is 31.2 Å². The van der Waals surface area contributed by atoms with Crippen molar-refractivity contribution in [3.63, 3.8) is 0 Å². The van der Waals surface area contributed by atoms with E-state index in [-0.39, 0.29) is 5.41 Å². The van der Waals surface area contributed by atoms with Crippen LogP contribution in [-0.2, 0) is 11.3 Å². The summed E-state index contributed by atoms with van der Waals surface area (Å²) in [5.41, 5.74) is 2.05. The third-order valence-electron chi connectivity index (χ3n) is 7.38. The number of fused-ring (bicyclic) bond motifs is 1. The Labute approximate surface area is 182 Å². The molecule has 1 spiro atoms. The summed E-state index contributed by atoms with van der Waals surface area (Å²) in [6.45, 7) is 5.28. The van der Waals surface area contributed by atoms with Gasteiger partial charge in [-0.3, -0.25) is 4.79 Å². The molecule has 0 radical (unpaired) electrons. The lowest BCUT2D eigenvalue weighted by atomic mass is 9.85. The molecule has 1 amide bonds. The normalized spacial score (nSPS) is 23.7. The van der Waals surface area contributed by atoms with Gasteiger partial charge in [0.1, 0.15) is 18.0 Å². The summed E-state index contributed by atoms with van der Waals surface area (Å²) in [5, 5.41) is 1.21. The van der Waals surface area contributed by atoms with Gasteiger partial charge < -0.3 is 19.7 Å². The van der Waals surface area contributed by atoms with Crippen LogP contribution in [0.5, 0.6) is 0 Å². The lowest BCUT2D eigenvalue weighted by Crippen LogP contribution is -2.36. The van der Waals surface area contributed by atoms with Crippen LogP contribution in [0.25, 0.3) is 10.9 Å². The van der Waals surface area contributed by atoms with Crippen LogP contribution in [0.2, 0.25) is 0 Å². The van der Waals surface area contributed by atoms with E-state index in [1.807, 2.05) is 12.3 Å². The molecule has 1 aromatic carbocycles. The molecule has 7 nitrogen and oxygen atoms in total. The van der Waals surface area contributed by atoms with Gasteiger partial charge in [-0.25, -0.2) is 9.97 Å². The lowest BCUT2D eigenvalue weighted by Gasteiger charge is -2.25.